The number of hydrogen-bond acceptors (Lipinski definition) is 1. The Kier molecular flexibility index (Phi) is 6.78. The van der Waals surface area contributed by atoms with Gasteiger partial charge in [-0.1, -0.05) is 41.9 Å². The lowest BCUT2D eigenvalue weighted by atomic mass is 9.99. The van der Waals surface area contributed by atoms with Gasteiger partial charge in [-0.2, -0.15) is 0 Å². The summed E-state index contributed by atoms with van der Waals surface area (Å²) in [6, 6.07) is 18.6. The summed E-state index contributed by atoms with van der Waals surface area (Å²) in [4.78, 5) is 1.33. The van der Waals surface area contributed by atoms with E-state index in [-0.39, 0.29) is 0 Å². The molecule has 0 amide bonds. The van der Waals surface area contributed by atoms with Gasteiger partial charge in [-0.05, 0) is 54.3 Å². The van der Waals surface area contributed by atoms with Crippen molar-refractivity contribution in [2.24, 2.45) is 5.92 Å². The Labute approximate surface area is 135 Å². The maximum atomic E-state index is 6.10. The first-order valence-corrected chi connectivity index (χ1v) is 8.66. The van der Waals surface area contributed by atoms with E-state index in [9.17, 15) is 0 Å². The second-order valence-electron chi connectivity index (χ2n) is 4.80. The van der Waals surface area contributed by atoms with E-state index in [0.717, 1.165) is 23.6 Å². The molecule has 0 saturated heterocycles. The van der Waals surface area contributed by atoms with Crippen LogP contribution in [0.3, 0.4) is 0 Å². The van der Waals surface area contributed by atoms with E-state index in [2.05, 4.69) is 36.4 Å². The highest BCUT2D eigenvalue weighted by Gasteiger charge is 2.09. The van der Waals surface area contributed by atoms with E-state index < -0.39 is 0 Å². The topological polar surface area (TPSA) is 0 Å². The van der Waals surface area contributed by atoms with E-state index in [1.165, 1.54) is 10.5 Å². The average molecular weight is 325 g/mol. The molecule has 0 heterocycles. The largest absolute Gasteiger partial charge is 0.126 e. The number of benzene rings is 2. The fourth-order valence-electron chi connectivity index (χ4n) is 2.05. The minimum Gasteiger partial charge on any atom is -0.126 e. The lowest BCUT2D eigenvalue weighted by Gasteiger charge is -2.13. The molecule has 0 aliphatic rings. The van der Waals surface area contributed by atoms with Crippen LogP contribution < -0.4 is 0 Å². The summed E-state index contributed by atoms with van der Waals surface area (Å²) in [5.74, 6) is 2.33. The van der Waals surface area contributed by atoms with Crippen LogP contribution in [0.2, 0.25) is 5.02 Å². The highest BCUT2D eigenvalue weighted by molar-refractivity contribution is 7.99. The van der Waals surface area contributed by atoms with Gasteiger partial charge in [0.1, 0.15) is 0 Å². The SMILES string of the molecule is ClCC(CCSc1ccccc1)Cc1ccc(Cl)cc1. The van der Waals surface area contributed by atoms with Gasteiger partial charge in [-0.25, -0.2) is 0 Å². The van der Waals surface area contributed by atoms with Crippen molar-refractivity contribution < 1.29 is 0 Å². The molecule has 3 heteroatoms. The molecule has 2 rings (SSSR count). The molecule has 0 saturated carbocycles. The summed E-state index contributed by atoms with van der Waals surface area (Å²) < 4.78 is 0. The van der Waals surface area contributed by atoms with Gasteiger partial charge in [0.15, 0.2) is 0 Å². The van der Waals surface area contributed by atoms with Crippen molar-refractivity contribution in [1.29, 1.82) is 0 Å². The first-order valence-electron chi connectivity index (χ1n) is 6.76. The zero-order valence-corrected chi connectivity index (χ0v) is 13.6. The van der Waals surface area contributed by atoms with Gasteiger partial charge in [-0.15, -0.1) is 23.4 Å². The van der Waals surface area contributed by atoms with Gasteiger partial charge < -0.3 is 0 Å². The number of alkyl halides is 1. The highest BCUT2D eigenvalue weighted by Crippen LogP contribution is 2.23. The van der Waals surface area contributed by atoms with Crippen molar-refractivity contribution in [1.82, 2.24) is 0 Å². The third kappa shape index (κ3) is 5.40. The molecule has 0 aliphatic carbocycles. The van der Waals surface area contributed by atoms with Gasteiger partial charge >= 0.3 is 0 Å². The molecule has 20 heavy (non-hydrogen) atoms. The van der Waals surface area contributed by atoms with E-state index in [1.807, 2.05) is 30.0 Å². The Bertz CT molecular complexity index is 496. The van der Waals surface area contributed by atoms with E-state index in [0.29, 0.717) is 11.8 Å². The highest BCUT2D eigenvalue weighted by atomic mass is 35.5. The third-order valence-corrected chi connectivity index (χ3v) is 4.93. The zero-order valence-electron chi connectivity index (χ0n) is 11.3. The summed E-state index contributed by atoms with van der Waals surface area (Å²) in [7, 11) is 0. The molecule has 106 valence electrons. The van der Waals surface area contributed by atoms with Crippen LogP contribution in [0.25, 0.3) is 0 Å². The molecular weight excluding hydrogens is 307 g/mol. The Morgan fingerprint density at radius 3 is 2.30 bits per heavy atom. The number of thioether (sulfide) groups is 1. The van der Waals surface area contributed by atoms with Crippen molar-refractivity contribution in [3.05, 3.63) is 65.2 Å². The number of rotatable bonds is 7. The number of hydrogen-bond donors (Lipinski definition) is 0. The van der Waals surface area contributed by atoms with Crippen LogP contribution in [0.5, 0.6) is 0 Å². The molecule has 0 fully saturated rings. The molecule has 0 aromatic heterocycles. The minimum absolute atomic E-state index is 0.522. The number of halogens is 2. The normalized spacial score (nSPS) is 12.3. The van der Waals surface area contributed by atoms with Crippen LogP contribution in [-0.2, 0) is 6.42 Å². The molecule has 0 nitrogen and oxygen atoms in total. The monoisotopic (exact) mass is 324 g/mol. The fraction of sp³-hybridized carbons (Fsp3) is 0.294. The molecular formula is C17H18Cl2S. The quantitative estimate of drug-likeness (QED) is 0.450. The van der Waals surface area contributed by atoms with Gasteiger partial charge in [0.05, 0.1) is 0 Å². The molecule has 0 spiro atoms. The van der Waals surface area contributed by atoms with Crippen LogP contribution >= 0.6 is 35.0 Å². The van der Waals surface area contributed by atoms with Crippen LogP contribution in [0, 0.1) is 5.92 Å². The molecule has 2 aromatic rings. The Hall–Kier alpha value is -0.630. The minimum atomic E-state index is 0.522. The summed E-state index contributed by atoms with van der Waals surface area (Å²) >= 11 is 13.9. The van der Waals surface area contributed by atoms with E-state index >= 15 is 0 Å². The first-order chi connectivity index (χ1) is 9.78. The lowest BCUT2D eigenvalue weighted by molar-refractivity contribution is 0.571. The van der Waals surface area contributed by atoms with Crippen molar-refractivity contribution in [2.75, 3.05) is 11.6 Å². The molecule has 0 aliphatic heterocycles. The van der Waals surface area contributed by atoms with E-state index in [4.69, 9.17) is 23.2 Å². The van der Waals surface area contributed by atoms with Gasteiger partial charge in [0, 0.05) is 15.8 Å². The fourth-order valence-corrected chi connectivity index (χ4v) is 3.47. The second kappa shape index (κ2) is 8.61. The standard InChI is InChI=1S/C17H18Cl2S/c18-13-15(12-14-6-8-16(19)9-7-14)10-11-20-17-4-2-1-3-5-17/h1-9,15H,10-13H2. The van der Waals surface area contributed by atoms with Gasteiger partial charge in [0.2, 0.25) is 0 Å². The zero-order chi connectivity index (χ0) is 14.2. The smallest absolute Gasteiger partial charge is 0.0406 e. The van der Waals surface area contributed by atoms with Crippen molar-refractivity contribution in [2.45, 2.75) is 17.7 Å². The van der Waals surface area contributed by atoms with E-state index in [1.54, 1.807) is 0 Å². The van der Waals surface area contributed by atoms with Crippen LogP contribution in [0.1, 0.15) is 12.0 Å². The first kappa shape index (κ1) is 15.8. The summed E-state index contributed by atoms with van der Waals surface area (Å²) in [5, 5.41) is 0.788. The molecule has 1 atom stereocenters. The second-order valence-corrected chi connectivity index (χ2v) is 6.71. The molecule has 0 bridgehead atoms. The lowest BCUT2D eigenvalue weighted by Crippen LogP contribution is -2.07. The van der Waals surface area contributed by atoms with Crippen LogP contribution in [0.15, 0.2) is 59.5 Å². The van der Waals surface area contributed by atoms with Gasteiger partial charge in [-0.3, -0.25) is 0 Å². The van der Waals surface area contributed by atoms with Gasteiger partial charge in [0.25, 0.3) is 0 Å². The maximum Gasteiger partial charge on any atom is 0.0406 e. The van der Waals surface area contributed by atoms with Crippen molar-refractivity contribution >= 4 is 35.0 Å². The maximum absolute atomic E-state index is 6.10. The van der Waals surface area contributed by atoms with Crippen molar-refractivity contribution in [3.8, 4) is 0 Å². The Balaban J connectivity index is 1.79. The average Bonchev–Trinajstić information content (AvgIpc) is 2.49. The van der Waals surface area contributed by atoms with Crippen LogP contribution in [0.4, 0.5) is 0 Å². The third-order valence-electron chi connectivity index (χ3n) is 3.19. The molecule has 1 unspecified atom stereocenters. The predicted molar refractivity (Wildman–Crippen MR) is 91.1 cm³/mol. The van der Waals surface area contributed by atoms with Crippen molar-refractivity contribution in [3.63, 3.8) is 0 Å². The Morgan fingerprint density at radius 2 is 1.65 bits per heavy atom. The molecule has 2 aromatic carbocycles. The Morgan fingerprint density at radius 1 is 0.950 bits per heavy atom. The predicted octanol–water partition coefficient (Wildman–Crippen LogP) is 5.92. The van der Waals surface area contributed by atoms with Crippen LogP contribution in [-0.4, -0.2) is 11.6 Å². The summed E-state index contributed by atoms with van der Waals surface area (Å²) in [6.45, 7) is 0. The molecule has 0 radical (unpaired) electrons. The summed E-state index contributed by atoms with van der Waals surface area (Å²) in [6.07, 6.45) is 2.15. The summed E-state index contributed by atoms with van der Waals surface area (Å²) in [5.41, 5.74) is 1.31. The molecule has 0 N–H and O–H groups in total.